The molecule has 6 rings (SSSR count). The molecule has 1 heterocycles. The number of aromatic amines is 1. The standard InChI is InChI=1S/C24BF20.C12H11N/c26-5-1(6(27)14(35)21(42)13(5)34)25(2-7(28)15(36)22(43)16(37)8(2)29,3-9(30)17(38)23(44)18(39)10(3)31)4-11(32)19(40)24(45)20(41)12(4)33;1-2-5-12-11-7-4-3-6-10(11)8-9-13-12/h;2-4,6-9H,1,5H2/q-1;/p+1. The Morgan fingerprint density at radius 1 is 0.379 bits per heavy atom. The van der Waals surface area contributed by atoms with Crippen LogP contribution in [0, 0.1) is 116 Å². The van der Waals surface area contributed by atoms with Gasteiger partial charge in [0, 0.05) is 11.5 Å². The van der Waals surface area contributed by atoms with Crippen molar-refractivity contribution in [2.75, 3.05) is 0 Å². The number of fused-ring (bicyclic) bond motifs is 1. The fourth-order valence-corrected chi connectivity index (χ4v) is 6.41. The summed E-state index contributed by atoms with van der Waals surface area (Å²) in [7, 11) is 0. The molecular formula is C36H12BF20N. The fraction of sp³-hybridized carbons (Fsp3) is 0.0278. The molecule has 22 heteroatoms. The Morgan fingerprint density at radius 2 is 0.638 bits per heavy atom. The van der Waals surface area contributed by atoms with Crippen LogP contribution in [0.15, 0.2) is 49.2 Å². The maximum absolute atomic E-state index is 15.4. The first-order chi connectivity index (χ1) is 27.1. The van der Waals surface area contributed by atoms with Crippen molar-refractivity contribution in [1.82, 2.24) is 0 Å². The van der Waals surface area contributed by atoms with Crippen LogP contribution in [0.3, 0.4) is 0 Å². The Kier molecular flexibility index (Phi) is 11.6. The molecule has 0 radical (unpaired) electrons. The van der Waals surface area contributed by atoms with Crippen molar-refractivity contribution in [3.05, 3.63) is 171 Å². The molecule has 58 heavy (non-hydrogen) atoms. The molecule has 1 aromatic heterocycles. The molecular weight excluding hydrogens is 837 g/mol. The second-order valence-electron chi connectivity index (χ2n) is 11.8. The number of hydrogen-bond acceptors (Lipinski definition) is 0. The first-order valence-electron chi connectivity index (χ1n) is 15.3. The van der Waals surface area contributed by atoms with E-state index in [0.717, 1.165) is 6.42 Å². The summed E-state index contributed by atoms with van der Waals surface area (Å²) in [6.07, 6.45) is -2.44. The van der Waals surface area contributed by atoms with Gasteiger partial charge in [0.1, 0.15) is 52.7 Å². The summed E-state index contributed by atoms with van der Waals surface area (Å²) in [5.74, 6) is -71.4. The molecule has 0 aliphatic rings. The number of pyridine rings is 1. The average Bonchev–Trinajstić information content (AvgIpc) is 3.21. The average molecular weight is 849 g/mol. The lowest BCUT2D eigenvalue weighted by Gasteiger charge is -2.44. The van der Waals surface area contributed by atoms with Gasteiger partial charge in [-0.25, -0.2) is 92.8 Å². The Hall–Kier alpha value is -6.09. The molecule has 0 aliphatic carbocycles. The predicted molar refractivity (Wildman–Crippen MR) is 164 cm³/mol. The van der Waals surface area contributed by atoms with Crippen LogP contribution >= 0.6 is 0 Å². The van der Waals surface area contributed by atoms with E-state index in [2.05, 4.69) is 41.9 Å². The number of aromatic nitrogens is 1. The topological polar surface area (TPSA) is 14.1 Å². The van der Waals surface area contributed by atoms with Gasteiger partial charge in [-0.15, -0.1) is 28.4 Å². The summed E-state index contributed by atoms with van der Waals surface area (Å²) < 4.78 is 294. The van der Waals surface area contributed by atoms with Crippen molar-refractivity contribution >= 4 is 38.8 Å². The Balaban J connectivity index is 0.000000414. The monoisotopic (exact) mass is 849 g/mol. The summed E-state index contributed by atoms with van der Waals surface area (Å²) >= 11 is 0. The highest BCUT2D eigenvalue weighted by Gasteiger charge is 2.52. The van der Waals surface area contributed by atoms with E-state index in [1.54, 1.807) is 0 Å². The first-order valence-corrected chi connectivity index (χ1v) is 15.3. The Morgan fingerprint density at radius 3 is 0.914 bits per heavy atom. The van der Waals surface area contributed by atoms with Crippen LogP contribution in [0.1, 0.15) is 5.69 Å². The minimum absolute atomic E-state index is 0.890. The first kappa shape index (κ1) is 43.0. The van der Waals surface area contributed by atoms with Gasteiger partial charge in [-0.05, 0) is 11.5 Å². The zero-order chi connectivity index (χ0) is 43.5. The molecule has 0 saturated carbocycles. The van der Waals surface area contributed by atoms with E-state index >= 15 is 35.1 Å². The highest BCUT2D eigenvalue weighted by atomic mass is 19.2. The zero-order valence-electron chi connectivity index (χ0n) is 27.6. The lowest BCUT2D eigenvalue weighted by atomic mass is 9.12. The van der Waals surface area contributed by atoms with E-state index in [4.69, 9.17) is 0 Å². The number of hydrogen-bond donors (Lipinski definition) is 0. The van der Waals surface area contributed by atoms with Crippen molar-refractivity contribution in [2.24, 2.45) is 0 Å². The van der Waals surface area contributed by atoms with Gasteiger partial charge in [-0.3, -0.25) is 0 Å². The van der Waals surface area contributed by atoms with Gasteiger partial charge in [0.15, 0.2) is 81.7 Å². The SMILES string of the molecule is C=CCc1[nH+]ccc2ccccc12.Fc1c(F)c(F)c([B-](c2c(F)c(F)c(F)c(F)c2F)(c2c(F)c(F)c(F)c(F)c2F)c2c(F)c(F)c(F)c(F)c2F)c(F)c1F. The maximum atomic E-state index is 15.4. The number of halogens is 20. The van der Waals surface area contributed by atoms with Crippen molar-refractivity contribution in [1.29, 1.82) is 0 Å². The van der Waals surface area contributed by atoms with Gasteiger partial charge < -0.3 is 0 Å². The van der Waals surface area contributed by atoms with Gasteiger partial charge in [-0.2, -0.15) is 0 Å². The molecule has 304 valence electrons. The van der Waals surface area contributed by atoms with E-state index in [1.807, 2.05) is 12.3 Å². The number of rotatable bonds is 6. The van der Waals surface area contributed by atoms with Gasteiger partial charge in [0.25, 0.3) is 0 Å². The van der Waals surface area contributed by atoms with Crippen molar-refractivity contribution in [3.63, 3.8) is 0 Å². The molecule has 0 unspecified atom stereocenters. The van der Waals surface area contributed by atoms with E-state index in [-0.39, 0.29) is 0 Å². The van der Waals surface area contributed by atoms with Crippen LogP contribution in [0.5, 0.6) is 0 Å². The van der Waals surface area contributed by atoms with E-state index in [1.165, 1.54) is 16.5 Å². The molecule has 0 spiro atoms. The second kappa shape index (κ2) is 15.7. The van der Waals surface area contributed by atoms with E-state index < -0.39 is 144 Å². The van der Waals surface area contributed by atoms with Crippen LogP contribution in [-0.2, 0) is 6.42 Å². The van der Waals surface area contributed by atoms with Gasteiger partial charge in [-0.1, -0.05) is 24.3 Å². The summed E-state index contributed by atoms with van der Waals surface area (Å²) in [5.41, 5.74) is -13.1. The second-order valence-corrected chi connectivity index (χ2v) is 11.8. The molecule has 0 bridgehead atoms. The third-order valence-corrected chi connectivity index (χ3v) is 8.86. The quantitative estimate of drug-likeness (QED) is 0.0528. The van der Waals surface area contributed by atoms with Crippen LogP contribution in [0.2, 0.25) is 0 Å². The summed E-state index contributed by atoms with van der Waals surface area (Å²) in [5, 5.41) is 2.56. The summed E-state index contributed by atoms with van der Waals surface area (Å²) in [6, 6.07) is 10.4. The third-order valence-electron chi connectivity index (χ3n) is 8.86. The molecule has 6 aromatic rings. The van der Waals surface area contributed by atoms with E-state index in [9.17, 15) is 52.7 Å². The van der Waals surface area contributed by atoms with Crippen LogP contribution in [0.25, 0.3) is 10.8 Å². The van der Waals surface area contributed by atoms with Crippen LogP contribution < -0.4 is 26.8 Å². The maximum Gasteiger partial charge on any atom is 0.200 e. The highest BCUT2D eigenvalue weighted by Crippen LogP contribution is 2.30. The third kappa shape index (κ3) is 6.28. The molecule has 0 saturated heterocycles. The minimum atomic E-state index is -7.22. The largest absolute Gasteiger partial charge is 0.214 e. The highest BCUT2D eigenvalue weighted by molar-refractivity contribution is 7.20. The van der Waals surface area contributed by atoms with Crippen molar-refractivity contribution in [3.8, 4) is 0 Å². The summed E-state index contributed by atoms with van der Waals surface area (Å²) in [6.45, 7) is 3.74. The van der Waals surface area contributed by atoms with Crippen molar-refractivity contribution < 1.29 is 92.8 Å². The Labute approximate surface area is 309 Å². The normalized spacial score (nSPS) is 11.6. The fourth-order valence-electron chi connectivity index (χ4n) is 6.41. The molecule has 0 fully saturated rings. The minimum Gasteiger partial charge on any atom is -0.214 e. The molecule has 0 atom stereocenters. The molecule has 5 aromatic carbocycles. The number of benzene rings is 5. The van der Waals surface area contributed by atoms with Crippen LogP contribution in [0.4, 0.5) is 87.8 Å². The van der Waals surface area contributed by atoms with Gasteiger partial charge in [0.05, 0.1) is 6.42 Å². The lowest BCUT2D eigenvalue weighted by molar-refractivity contribution is -0.386. The Bertz CT molecular complexity index is 2290. The van der Waals surface area contributed by atoms with Crippen molar-refractivity contribution in [2.45, 2.75) is 6.42 Å². The predicted octanol–water partition coefficient (Wildman–Crippen LogP) is 8.23. The van der Waals surface area contributed by atoms with E-state index in [0.29, 0.717) is 0 Å². The summed E-state index contributed by atoms with van der Waals surface area (Å²) in [4.78, 5) is 3.24. The number of H-pyrrole nitrogens is 1. The van der Waals surface area contributed by atoms with Gasteiger partial charge >= 0.3 is 0 Å². The van der Waals surface area contributed by atoms with Gasteiger partial charge in [0.2, 0.25) is 0 Å². The molecule has 0 amide bonds. The zero-order valence-corrected chi connectivity index (χ0v) is 27.6. The number of allylic oxidation sites excluding steroid dienone is 1. The molecule has 1 N–H and O–H groups in total. The smallest absolute Gasteiger partial charge is 0.200 e. The molecule has 0 aliphatic heterocycles. The lowest BCUT2D eigenvalue weighted by Crippen LogP contribution is -2.81. The molecule has 1 nitrogen and oxygen atoms in total. The van der Waals surface area contributed by atoms with Crippen LogP contribution in [-0.4, -0.2) is 6.15 Å². The number of nitrogens with one attached hydrogen (secondary N) is 1.